The third-order valence-corrected chi connectivity index (χ3v) is 7.93. The highest BCUT2D eigenvalue weighted by Crippen LogP contribution is 2.27. The Bertz CT molecular complexity index is 394. The molecular formula is C17H42O3S2. The first-order valence-electron chi connectivity index (χ1n) is 7.00. The summed E-state index contributed by atoms with van der Waals surface area (Å²) in [5.74, 6) is 0. The summed E-state index contributed by atoms with van der Waals surface area (Å²) in [5, 5.41) is 0.282. The van der Waals surface area contributed by atoms with Crippen molar-refractivity contribution in [3.8, 4) is 0 Å². The van der Waals surface area contributed by atoms with E-state index in [9.17, 15) is 12.6 Å². The van der Waals surface area contributed by atoms with Gasteiger partial charge in [0.05, 0.1) is 9.49 Å². The lowest BCUT2D eigenvalue weighted by Gasteiger charge is -2.29. The van der Waals surface area contributed by atoms with Crippen LogP contribution in [-0.4, -0.2) is 32.1 Å². The predicted octanol–water partition coefficient (Wildman–Crippen LogP) is 5.21. The van der Waals surface area contributed by atoms with Crippen molar-refractivity contribution in [3.05, 3.63) is 0 Å². The molecule has 0 aromatic heterocycles. The third-order valence-electron chi connectivity index (χ3n) is 2.64. The number of hydrogen-bond acceptors (Lipinski definition) is 3. The molecule has 0 heterocycles. The molecule has 1 atom stereocenters. The lowest BCUT2D eigenvalue weighted by atomic mass is 10.2. The van der Waals surface area contributed by atoms with Crippen molar-refractivity contribution >= 4 is 20.6 Å². The molecule has 3 nitrogen and oxygen atoms in total. The Labute approximate surface area is 144 Å². The smallest absolute Gasteiger partial charge is 0.160 e. The zero-order valence-corrected chi connectivity index (χ0v) is 16.8. The molecule has 0 bridgehead atoms. The highest BCUT2D eigenvalue weighted by Gasteiger charge is 2.39. The summed E-state index contributed by atoms with van der Waals surface area (Å²) in [6.07, 6.45) is 0. The highest BCUT2D eigenvalue weighted by molar-refractivity contribution is 7.94. The van der Waals surface area contributed by atoms with E-state index in [-0.39, 0.29) is 24.9 Å². The van der Waals surface area contributed by atoms with Crippen LogP contribution in [0.3, 0.4) is 0 Å². The van der Waals surface area contributed by atoms with E-state index in [4.69, 9.17) is 0 Å². The number of rotatable bonds is 1. The molecule has 0 amide bonds. The molecule has 5 heteroatoms. The number of sulfone groups is 1. The molecule has 0 aliphatic heterocycles. The van der Waals surface area contributed by atoms with Gasteiger partial charge in [-0.3, -0.25) is 4.21 Å². The summed E-state index contributed by atoms with van der Waals surface area (Å²) in [6, 6.07) is 0. The summed E-state index contributed by atoms with van der Waals surface area (Å²) in [5.41, 5.74) is 0. The van der Waals surface area contributed by atoms with Crippen LogP contribution in [0.15, 0.2) is 0 Å². The van der Waals surface area contributed by atoms with Crippen molar-refractivity contribution in [2.75, 3.05) is 0 Å². The molecule has 0 aliphatic carbocycles. The summed E-state index contributed by atoms with van der Waals surface area (Å²) >= 11 is 0. The van der Waals surface area contributed by atoms with Gasteiger partial charge >= 0.3 is 0 Å². The minimum Gasteiger partial charge on any atom is -0.259 e. The van der Waals surface area contributed by atoms with Crippen molar-refractivity contribution in [2.45, 2.75) is 111 Å². The lowest BCUT2D eigenvalue weighted by molar-refractivity contribution is 0.525. The van der Waals surface area contributed by atoms with E-state index in [1.807, 2.05) is 34.6 Å². The SMILES string of the molecule is C.C.CC(C)(C)S(=O)(=O)C(C)(C)C.CC(C)S(=O)C(C)(C)C. The predicted molar refractivity (Wildman–Crippen MR) is 105 cm³/mol. The Hall–Kier alpha value is 0.1000. The molecule has 0 saturated carbocycles. The molecule has 1 unspecified atom stereocenters. The van der Waals surface area contributed by atoms with Crippen molar-refractivity contribution in [3.63, 3.8) is 0 Å². The Morgan fingerprint density at radius 3 is 0.955 bits per heavy atom. The zero-order valence-electron chi connectivity index (χ0n) is 15.1. The molecule has 0 spiro atoms. The fourth-order valence-corrected chi connectivity index (χ4v) is 4.88. The first-order chi connectivity index (χ1) is 8.35. The van der Waals surface area contributed by atoms with E-state index >= 15 is 0 Å². The largest absolute Gasteiger partial charge is 0.259 e. The standard InChI is InChI=1S/C8H18O2S.C7H16OS.2CH4/c1-7(2,3)11(9,10)8(4,5)6;1-6(2)9(8)7(3,4)5;;/h1-6H3;6H,1-5H3;2*1H4. The average molecular weight is 359 g/mol. The van der Waals surface area contributed by atoms with E-state index in [0.29, 0.717) is 0 Å². The summed E-state index contributed by atoms with van der Waals surface area (Å²) < 4.78 is 33.3. The Morgan fingerprint density at radius 1 is 0.727 bits per heavy atom. The van der Waals surface area contributed by atoms with Crippen LogP contribution in [0.2, 0.25) is 0 Å². The van der Waals surface area contributed by atoms with Crippen LogP contribution in [0.5, 0.6) is 0 Å². The average Bonchev–Trinajstić information content (AvgIpc) is 2.12. The highest BCUT2D eigenvalue weighted by atomic mass is 32.2. The Balaban J connectivity index is -0.000000137. The fourth-order valence-electron chi connectivity index (χ4n) is 1.63. The first kappa shape index (κ1) is 30.0. The number of hydrogen-bond donors (Lipinski definition) is 0. The van der Waals surface area contributed by atoms with Gasteiger partial charge in [-0.15, -0.1) is 0 Å². The molecule has 0 radical (unpaired) electrons. The van der Waals surface area contributed by atoms with Gasteiger partial charge in [0.25, 0.3) is 0 Å². The monoisotopic (exact) mass is 358 g/mol. The van der Waals surface area contributed by atoms with E-state index in [1.54, 1.807) is 41.5 Å². The normalized spacial score (nSPS) is 14.2. The van der Waals surface area contributed by atoms with Crippen molar-refractivity contribution in [1.29, 1.82) is 0 Å². The minimum absolute atomic E-state index is 0. The molecule has 0 aliphatic rings. The van der Waals surface area contributed by atoms with Gasteiger partial charge < -0.3 is 0 Å². The van der Waals surface area contributed by atoms with E-state index in [1.165, 1.54) is 0 Å². The second kappa shape index (κ2) is 9.41. The molecule has 0 aromatic rings. The van der Waals surface area contributed by atoms with Crippen molar-refractivity contribution in [1.82, 2.24) is 0 Å². The summed E-state index contributed by atoms with van der Waals surface area (Å²) in [7, 11) is -3.70. The van der Waals surface area contributed by atoms with Crippen molar-refractivity contribution < 1.29 is 12.6 Å². The van der Waals surface area contributed by atoms with Gasteiger partial charge in [-0.1, -0.05) is 28.7 Å². The minimum atomic E-state index is -3.01. The van der Waals surface area contributed by atoms with Crippen LogP contribution in [0.1, 0.15) is 91.0 Å². The molecule has 0 rings (SSSR count). The Morgan fingerprint density at radius 2 is 0.955 bits per heavy atom. The maximum absolute atomic E-state index is 11.7. The molecule has 0 aromatic carbocycles. The Kier molecular flexibility index (Phi) is 12.8. The lowest BCUT2D eigenvalue weighted by Crippen LogP contribution is -2.41. The molecule has 0 N–H and O–H groups in total. The fraction of sp³-hybridized carbons (Fsp3) is 1.00. The van der Waals surface area contributed by atoms with Crippen LogP contribution in [0.4, 0.5) is 0 Å². The van der Waals surface area contributed by atoms with E-state index in [0.717, 1.165) is 0 Å². The van der Waals surface area contributed by atoms with Gasteiger partial charge in [0, 0.05) is 20.8 Å². The second-order valence-electron chi connectivity index (χ2n) is 8.19. The zero-order chi connectivity index (χ0) is 17.2. The quantitative estimate of drug-likeness (QED) is 0.646. The maximum Gasteiger partial charge on any atom is 0.160 e. The molecule has 22 heavy (non-hydrogen) atoms. The van der Waals surface area contributed by atoms with E-state index in [2.05, 4.69) is 0 Å². The third kappa shape index (κ3) is 9.29. The van der Waals surface area contributed by atoms with Gasteiger partial charge in [-0.2, -0.15) is 0 Å². The molecular weight excluding hydrogens is 316 g/mol. The van der Waals surface area contributed by atoms with Crippen LogP contribution >= 0.6 is 0 Å². The molecule has 0 fully saturated rings. The van der Waals surface area contributed by atoms with Gasteiger partial charge in [0.15, 0.2) is 9.84 Å². The summed E-state index contributed by atoms with van der Waals surface area (Å²) in [6.45, 7) is 20.4. The first-order valence-corrected chi connectivity index (χ1v) is 9.70. The van der Waals surface area contributed by atoms with Crippen LogP contribution in [0.25, 0.3) is 0 Å². The van der Waals surface area contributed by atoms with Crippen LogP contribution in [0, 0.1) is 0 Å². The molecule has 140 valence electrons. The summed E-state index contributed by atoms with van der Waals surface area (Å²) in [4.78, 5) is 0. The van der Waals surface area contributed by atoms with Crippen LogP contribution in [-0.2, 0) is 20.6 Å². The van der Waals surface area contributed by atoms with Gasteiger partial charge in [0.2, 0.25) is 0 Å². The van der Waals surface area contributed by atoms with Crippen LogP contribution < -0.4 is 0 Å². The maximum atomic E-state index is 11.7. The topological polar surface area (TPSA) is 51.2 Å². The van der Waals surface area contributed by atoms with Crippen molar-refractivity contribution in [2.24, 2.45) is 0 Å². The second-order valence-corrected chi connectivity index (χ2v) is 14.4. The van der Waals surface area contributed by atoms with Gasteiger partial charge in [-0.25, -0.2) is 8.42 Å². The molecule has 0 saturated heterocycles. The van der Waals surface area contributed by atoms with E-state index < -0.39 is 30.1 Å². The van der Waals surface area contributed by atoms with Gasteiger partial charge in [0.1, 0.15) is 0 Å². The van der Waals surface area contributed by atoms with Gasteiger partial charge in [-0.05, 0) is 62.3 Å².